The van der Waals surface area contributed by atoms with Crippen molar-refractivity contribution in [3.63, 3.8) is 0 Å². The molecule has 5 nitrogen and oxygen atoms in total. The number of thiazole rings is 1. The maximum atomic E-state index is 4.66. The Labute approximate surface area is 129 Å². The predicted octanol–water partition coefficient (Wildman–Crippen LogP) is 2.84. The van der Waals surface area contributed by atoms with Crippen molar-refractivity contribution < 1.29 is 0 Å². The van der Waals surface area contributed by atoms with Crippen LogP contribution in [0.3, 0.4) is 0 Å². The lowest BCUT2D eigenvalue weighted by Crippen LogP contribution is -2.29. The molecule has 21 heavy (non-hydrogen) atoms. The molecule has 2 aromatic rings. The number of aryl methyl sites for hydroxylation is 2. The van der Waals surface area contributed by atoms with Crippen molar-refractivity contribution in [3.8, 4) is 0 Å². The molecule has 1 saturated heterocycles. The Balaban J connectivity index is 1.72. The van der Waals surface area contributed by atoms with Gasteiger partial charge in [-0.2, -0.15) is 0 Å². The quantitative estimate of drug-likeness (QED) is 0.909. The van der Waals surface area contributed by atoms with Gasteiger partial charge in [0.25, 0.3) is 0 Å². The second-order valence-corrected chi connectivity index (χ2v) is 6.84. The fourth-order valence-corrected chi connectivity index (χ4v) is 3.32. The van der Waals surface area contributed by atoms with E-state index in [2.05, 4.69) is 32.5 Å². The van der Waals surface area contributed by atoms with Crippen LogP contribution in [0.5, 0.6) is 0 Å². The Morgan fingerprint density at radius 2 is 2.10 bits per heavy atom. The summed E-state index contributed by atoms with van der Waals surface area (Å²) in [5.41, 5.74) is 1.00. The van der Waals surface area contributed by atoms with Crippen LogP contribution in [0.1, 0.15) is 29.2 Å². The van der Waals surface area contributed by atoms with E-state index in [1.54, 1.807) is 11.3 Å². The molecule has 2 aromatic heterocycles. The van der Waals surface area contributed by atoms with Crippen molar-refractivity contribution in [1.29, 1.82) is 0 Å². The topological polar surface area (TPSA) is 62.7 Å². The Morgan fingerprint density at radius 1 is 1.29 bits per heavy atom. The third-order valence-electron chi connectivity index (χ3n) is 3.69. The lowest BCUT2D eigenvalue weighted by molar-refractivity contribution is 0.367. The molecule has 1 fully saturated rings. The minimum absolute atomic E-state index is 0.697. The van der Waals surface area contributed by atoms with Gasteiger partial charge in [0, 0.05) is 29.3 Å². The van der Waals surface area contributed by atoms with Crippen molar-refractivity contribution in [2.75, 3.05) is 18.4 Å². The molecule has 1 aliphatic heterocycles. The van der Waals surface area contributed by atoms with Gasteiger partial charge in [0.1, 0.15) is 11.6 Å². The summed E-state index contributed by atoms with van der Waals surface area (Å²) < 4.78 is 0. The molecule has 0 spiro atoms. The average molecular weight is 303 g/mol. The van der Waals surface area contributed by atoms with Crippen LogP contribution in [0, 0.1) is 19.8 Å². The molecule has 0 radical (unpaired) electrons. The number of rotatable bonds is 4. The van der Waals surface area contributed by atoms with Gasteiger partial charge in [-0.25, -0.2) is 15.0 Å². The number of piperidine rings is 1. The van der Waals surface area contributed by atoms with Crippen molar-refractivity contribution in [3.05, 3.63) is 28.7 Å². The highest BCUT2D eigenvalue weighted by molar-refractivity contribution is 7.15. The monoisotopic (exact) mass is 303 g/mol. The molecule has 6 heteroatoms. The maximum absolute atomic E-state index is 4.66. The molecule has 0 aromatic carbocycles. The van der Waals surface area contributed by atoms with Crippen LogP contribution in [0.25, 0.3) is 0 Å². The summed E-state index contributed by atoms with van der Waals surface area (Å²) in [4.78, 5) is 14.8. The van der Waals surface area contributed by atoms with E-state index < -0.39 is 0 Å². The second-order valence-electron chi connectivity index (χ2n) is 5.61. The first-order valence-corrected chi connectivity index (χ1v) is 8.25. The summed E-state index contributed by atoms with van der Waals surface area (Å²) in [5, 5.41) is 7.57. The van der Waals surface area contributed by atoms with Gasteiger partial charge in [-0.15, -0.1) is 11.3 Å². The standard InChI is InChI=1S/C15H21N5S/c1-10-7-13(20-15-17-9-11(2)21-15)19-14(18-10)8-12-3-5-16-6-4-12/h7,9,12,16H,3-6,8H2,1-2H3,(H,17,18,19,20). The minimum Gasteiger partial charge on any atom is -0.317 e. The fourth-order valence-electron chi connectivity index (χ4n) is 2.65. The first-order chi connectivity index (χ1) is 10.2. The number of nitrogens with zero attached hydrogens (tertiary/aromatic N) is 3. The third kappa shape index (κ3) is 3.98. The van der Waals surface area contributed by atoms with E-state index in [4.69, 9.17) is 0 Å². The second kappa shape index (κ2) is 6.49. The van der Waals surface area contributed by atoms with E-state index in [-0.39, 0.29) is 0 Å². The van der Waals surface area contributed by atoms with Gasteiger partial charge in [0.05, 0.1) is 0 Å². The molecular weight excluding hydrogens is 282 g/mol. The van der Waals surface area contributed by atoms with Gasteiger partial charge < -0.3 is 10.6 Å². The van der Waals surface area contributed by atoms with Crippen LogP contribution in [0.4, 0.5) is 10.9 Å². The van der Waals surface area contributed by atoms with Crippen molar-refractivity contribution in [2.24, 2.45) is 5.92 Å². The van der Waals surface area contributed by atoms with Gasteiger partial charge >= 0.3 is 0 Å². The van der Waals surface area contributed by atoms with Crippen molar-refractivity contribution >= 4 is 22.3 Å². The summed E-state index contributed by atoms with van der Waals surface area (Å²) in [6.07, 6.45) is 5.27. The summed E-state index contributed by atoms with van der Waals surface area (Å²) in [6, 6.07) is 1.97. The van der Waals surface area contributed by atoms with Gasteiger partial charge in [-0.1, -0.05) is 0 Å². The predicted molar refractivity (Wildman–Crippen MR) is 86.2 cm³/mol. The molecule has 0 aliphatic carbocycles. The summed E-state index contributed by atoms with van der Waals surface area (Å²) in [5.74, 6) is 2.49. The summed E-state index contributed by atoms with van der Waals surface area (Å²) >= 11 is 1.64. The number of hydrogen-bond acceptors (Lipinski definition) is 6. The third-order valence-corrected chi connectivity index (χ3v) is 4.51. The fraction of sp³-hybridized carbons (Fsp3) is 0.533. The Kier molecular flexibility index (Phi) is 4.45. The highest BCUT2D eigenvalue weighted by atomic mass is 32.1. The van der Waals surface area contributed by atoms with E-state index in [9.17, 15) is 0 Å². The molecule has 0 bridgehead atoms. The molecule has 1 aliphatic rings. The van der Waals surface area contributed by atoms with Crippen LogP contribution >= 0.6 is 11.3 Å². The zero-order chi connectivity index (χ0) is 14.7. The van der Waals surface area contributed by atoms with Crippen molar-refractivity contribution in [2.45, 2.75) is 33.1 Å². The number of hydrogen-bond donors (Lipinski definition) is 2. The van der Waals surface area contributed by atoms with E-state index in [1.165, 1.54) is 17.7 Å². The van der Waals surface area contributed by atoms with E-state index in [0.29, 0.717) is 5.92 Å². The smallest absolute Gasteiger partial charge is 0.188 e. The van der Waals surface area contributed by atoms with Crippen LogP contribution in [0.2, 0.25) is 0 Å². The molecule has 3 rings (SSSR count). The average Bonchev–Trinajstić information content (AvgIpc) is 2.84. The minimum atomic E-state index is 0.697. The molecular formula is C15H21N5S. The lowest BCUT2D eigenvalue weighted by Gasteiger charge is -2.22. The highest BCUT2D eigenvalue weighted by Gasteiger charge is 2.15. The first kappa shape index (κ1) is 14.4. The van der Waals surface area contributed by atoms with Gasteiger partial charge in [-0.3, -0.25) is 0 Å². The van der Waals surface area contributed by atoms with Gasteiger partial charge in [-0.05, 0) is 45.7 Å². The Bertz CT molecular complexity index is 604. The van der Waals surface area contributed by atoms with Crippen LogP contribution in [-0.2, 0) is 6.42 Å². The Morgan fingerprint density at radius 3 is 2.81 bits per heavy atom. The maximum Gasteiger partial charge on any atom is 0.188 e. The molecule has 0 unspecified atom stereocenters. The number of aromatic nitrogens is 3. The molecule has 0 atom stereocenters. The highest BCUT2D eigenvalue weighted by Crippen LogP contribution is 2.22. The molecule has 0 amide bonds. The van der Waals surface area contributed by atoms with E-state index in [0.717, 1.165) is 42.0 Å². The van der Waals surface area contributed by atoms with E-state index in [1.807, 2.05) is 19.2 Å². The largest absolute Gasteiger partial charge is 0.317 e. The van der Waals surface area contributed by atoms with Crippen LogP contribution < -0.4 is 10.6 Å². The Hall–Kier alpha value is -1.53. The first-order valence-electron chi connectivity index (χ1n) is 7.44. The summed E-state index contributed by atoms with van der Waals surface area (Å²) in [6.45, 7) is 6.29. The zero-order valence-corrected chi connectivity index (χ0v) is 13.3. The van der Waals surface area contributed by atoms with Crippen LogP contribution in [0.15, 0.2) is 12.3 Å². The molecule has 0 saturated carbocycles. The van der Waals surface area contributed by atoms with E-state index >= 15 is 0 Å². The molecule has 3 heterocycles. The van der Waals surface area contributed by atoms with Crippen LogP contribution in [-0.4, -0.2) is 28.0 Å². The SMILES string of the molecule is Cc1cc(Nc2ncc(C)s2)nc(CC2CCNCC2)n1. The van der Waals surface area contributed by atoms with Gasteiger partial charge in [0.15, 0.2) is 5.13 Å². The molecule has 112 valence electrons. The van der Waals surface area contributed by atoms with Crippen molar-refractivity contribution in [1.82, 2.24) is 20.3 Å². The zero-order valence-electron chi connectivity index (χ0n) is 12.5. The van der Waals surface area contributed by atoms with Gasteiger partial charge in [0.2, 0.25) is 0 Å². The summed E-state index contributed by atoms with van der Waals surface area (Å²) in [7, 11) is 0. The number of nitrogens with one attached hydrogen (secondary N) is 2. The normalized spacial score (nSPS) is 16.1. The molecule has 2 N–H and O–H groups in total. The number of anilines is 2. The lowest BCUT2D eigenvalue weighted by atomic mass is 9.94.